The third-order valence-electron chi connectivity index (χ3n) is 2.12. The molecule has 0 aliphatic rings. The van der Waals surface area contributed by atoms with E-state index in [0.717, 1.165) is 0 Å². The van der Waals surface area contributed by atoms with Crippen molar-refractivity contribution in [1.82, 2.24) is 0 Å². The van der Waals surface area contributed by atoms with Gasteiger partial charge in [-0.3, -0.25) is 0 Å². The van der Waals surface area contributed by atoms with Crippen LogP contribution in [0.3, 0.4) is 0 Å². The normalized spacial score (nSPS) is 13.9. The highest BCUT2D eigenvalue weighted by Gasteiger charge is 2.37. The quantitative estimate of drug-likeness (QED) is 0.643. The fourth-order valence-corrected chi connectivity index (χ4v) is 1.61. The molecule has 17 heavy (non-hydrogen) atoms. The molecule has 1 unspecified atom stereocenters. The van der Waals surface area contributed by atoms with Crippen LogP contribution >= 0.6 is 11.6 Å². The van der Waals surface area contributed by atoms with Crippen LogP contribution in [-0.2, 0) is 6.18 Å². The highest BCUT2D eigenvalue weighted by atomic mass is 35.5. The van der Waals surface area contributed by atoms with E-state index in [1.165, 1.54) is 0 Å². The minimum absolute atomic E-state index is 0.276. The van der Waals surface area contributed by atoms with Gasteiger partial charge >= 0.3 is 6.18 Å². The zero-order valence-electron chi connectivity index (χ0n) is 8.28. The molecule has 2 nitrogen and oxygen atoms in total. The molecule has 0 radical (unpaired) electrons. The minimum atomic E-state index is -5.03. The first-order valence-corrected chi connectivity index (χ1v) is 4.78. The molecule has 0 aromatic heterocycles. The van der Waals surface area contributed by atoms with E-state index in [1.807, 2.05) is 0 Å². The Kier molecular flexibility index (Phi) is 3.95. The fraction of sp³-hybridized carbons (Fsp3) is 0.333. The lowest BCUT2D eigenvalue weighted by Crippen LogP contribution is -2.24. The van der Waals surface area contributed by atoms with Gasteiger partial charge in [-0.25, -0.2) is 8.78 Å². The number of benzene rings is 1. The average molecular weight is 275 g/mol. The molecule has 8 heteroatoms. The van der Waals surface area contributed by atoms with Gasteiger partial charge in [-0.05, 0) is 6.07 Å². The maximum atomic E-state index is 13.4. The molecule has 0 heterocycles. The van der Waals surface area contributed by atoms with E-state index in [1.54, 1.807) is 0 Å². The van der Waals surface area contributed by atoms with Gasteiger partial charge < -0.3 is 11.5 Å². The van der Waals surface area contributed by atoms with Crippen molar-refractivity contribution in [3.63, 3.8) is 0 Å². The van der Waals surface area contributed by atoms with Crippen LogP contribution in [0, 0.1) is 11.6 Å². The van der Waals surface area contributed by atoms with Gasteiger partial charge in [-0.1, -0.05) is 11.6 Å². The van der Waals surface area contributed by atoms with Gasteiger partial charge in [0.25, 0.3) is 0 Å². The monoisotopic (exact) mass is 274 g/mol. The molecule has 1 aromatic carbocycles. The first kappa shape index (κ1) is 14.1. The summed E-state index contributed by atoms with van der Waals surface area (Å²) in [5, 5.41) is -0.603. The molecule has 0 fully saturated rings. The lowest BCUT2D eigenvalue weighted by molar-refractivity contribution is -0.140. The van der Waals surface area contributed by atoms with Gasteiger partial charge in [0.05, 0.1) is 5.56 Å². The largest absolute Gasteiger partial charge is 0.419 e. The van der Waals surface area contributed by atoms with Gasteiger partial charge in [0.2, 0.25) is 0 Å². The summed E-state index contributed by atoms with van der Waals surface area (Å²) >= 11 is 5.44. The smallest absolute Gasteiger partial charge is 0.329 e. The summed E-state index contributed by atoms with van der Waals surface area (Å²) in [7, 11) is 0. The van der Waals surface area contributed by atoms with Gasteiger partial charge in [-0.15, -0.1) is 0 Å². The number of alkyl halides is 3. The summed E-state index contributed by atoms with van der Waals surface area (Å²) in [4.78, 5) is 0. The third kappa shape index (κ3) is 2.67. The predicted molar refractivity (Wildman–Crippen MR) is 52.4 cm³/mol. The Morgan fingerprint density at radius 3 is 2.18 bits per heavy atom. The molecule has 0 amide bonds. The Morgan fingerprint density at radius 1 is 1.24 bits per heavy atom. The lowest BCUT2D eigenvalue weighted by atomic mass is 10.0. The van der Waals surface area contributed by atoms with Crippen LogP contribution in [0.4, 0.5) is 22.0 Å². The summed E-state index contributed by atoms with van der Waals surface area (Å²) in [6.07, 6.45) is -5.03. The Morgan fingerprint density at radius 2 is 1.76 bits per heavy atom. The second-order valence-electron chi connectivity index (χ2n) is 3.29. The van der Waals surface area contributed by atoms with Crippen LogP contribution in [0.5, 0.6) is 0 Å². The summed E-state index contributed by atoms with van der Waals surface area (Å²) in [6, 6.07) is -0.871. The highest BCUT2D eigenvalue weighted by Crippen LogP contribution is 2.37. The van der Waals surface area contributed by atoms with Crippen LogP contribution < -0.4 is 11.5 Å². The molecular weight excluding hydrogens is 267 g/mol. The van der Waals surface area contributed by atoms with Crippen molar-refractivity contribution in [2.75, 3.05) is 6.54 Å². The van der Waals surface area contributed by atoms with Crippen molar-refractivity contribution in [2.45, 2.75) is 12.2 Å². The number of nitrogens with two attached hydrogens (primary N) is 2. The Bertz CT molecular complexity index is 432. The fourth-order valence-electron chi connectivity index (χ4n) is 1.27. The Labute approximate surface area is 98.3 Å². The topological polar surface area (TPSA) is 52.0 Å². The zero-order chi connectivity index (χ0) is 13.4. The molecule has 1 atom stereocenters. The van der Waals surface area contributed by atoms with Crippen molar-refractivity contribution < 1.29 is 22.0 Å². The molecule has 4 N–H and O–H groups in total. The Balaban J connectivity index is 3.47. The SMILES string of the molecule is NCC(N)c1c(Cl)cc(C(F)(F)F)c(F)c1F. The van der Waals surface area contributed by atoms with E-state index in [0.29, 0.717) is 6.07 Å². The summed E-state index contributed by atoms with van der Waals surface area (Å²) in [5.74, 6) is -3.75. The molecule has 0 spiro atoms. The summed E-state index contributed by atoms with van der Waals surface area (Å²) in [6.45, 7) is -0.276. The van der Waals surface area contributed by atoms with Gasteiger partial charge in [0.15, 0.2) is 11.6 Å². The maximum Gasteiger partial charge on any atom is 0.419 e. The van der Waals surface area contributed by atoms with Crippen LogP contribution in [0.15, 0.2) is 6.07 Å². The highest BCUT2D eigenvalue weighted by molar-refractivity contribution is 6.31. The predicted octanol–water partition coefficient (Wildman–Crippen LogP) is 2.60. The van der Waals surface area contributed by atoms with Gasteiger partial charge in [0.1, 0.15) is 0 Å². The van der Waals surface area contributed by atoms with Crippen molar-refractivity contribution in [2.24, 2.45) is 11.5 Å². The van der Waals surface area contributed by atoms with Crippen LogP contribution in [0.25, 0.3) is 0 Å². The second kappa shape index (κ2) is 4.75. The second-order valence-corrected chi connectivity index (χ2v) is 3.69. The first-order chi connectivity index (χ1) is 7.70. The number of hydrogen-bond acceptors (Lipinski definition) is 2. The third-order valence-corrected chi connectivity index (χ3v) is 2.44. The first-order valence-electron chi connectivity index (χ1n) is 4.40. The minimum Gasteiger partial charge on any atom is -0.329 e. The molecule has 96 valence electrons. The molecule has 0 aliphatic heterocycles. The molecule has 0 aliphatic carbocycles. The van der Waals surface area contributed by atoms with Crippen molar-refractivity contribution in [3.8, 4) is 0 Å². The van der Waals surface area contributed by atoms with E-state index < -0.39 is 40.0 Å². The number of rotatable bonds is 2. The van der Waals surface area contributed by atoms with E-state index in [2.05, 4.69) is 0 Å². The standard InChI is InChI=1S/C9H8ClF5N2/c10-4-1-3(9(13,14)15)7(11)8(12)6(4)5(17)2-16/h1,5H,2,16-17H2. The molecule has 1 aromatic rings. The van der Waals surface area contributed by atoms with Crippen LogP contribution in [0.2, 0.25) is 5.02 Å². The van der Waals surface area contributed by atoms with Crippen molar-refractivity contribution in [1.29, 1.82) is 0 Å². The average Bonchev–Trinajstić information content (AvgIpc) is 2.21. The molecule has 1 rings (SSSR count). The summed E-state index contributed by atoms with van der Waals surface area (Å²) in [5.41, 5.74) is 8.12. The van der Waals surface area contributed by atoms with Gasteiger partial charge in [0, 0.05) is 23.2 Å². The maximum absolute atomic E-state index is 13.4. The van der Waals surface area contributed by atoms with E-state index >= 15 is 0 Å². The van der Waals surface area contributed by atoms with Crippen LogP contribution in [0.1, 0.15) is 17.2 Å². The molecule has 0 saturated carbocycles. The lowest BCUT2D eigenvalue weighted by Gasteiger charge is -2.16. The van der Waals surface area contributed by atoms with E-state index in [9.17, 15) is 22.0 Å². The molecular formula is C9H8ClF5N2. The zero-order valence-corrected chi connectivity index (χ0v) is 9.04. The molecule has 0 bridgehead atoms. The van der Waals surface area contributed by atoms with Crippen molar-refractivity contribution in [3.05, 3.63) is 33.9 Å². The van der Waals surface area contributed by atoms with Crippen LogP contribution in [-0.4, -0.2) is 6.54 Å². The summed E-state index contributed by atoms with van der Waals surface area (Å²) < 4.78 is 63.5. The Hall–Kier alpha value is -0.920. The molecule has 0 saturated heterocycles. The van der Waals surface area contributed by atoms with E-state index in [4.69, 9.17) is 23.1 Å². The van der Waals surface area contributed by atoms with Crippen molar-refractivity contribution >= 4 is 11.6 Å². The number of hydrogen-bond donors (Lipinski definition) is 2. The van der Waals surface area contributed by atoms with Gasteiger partial charge in [-0.2, -0.15) is 13.2 Å². The number of halogens is 6. The van der Waals surface area contributed by atoms with E-state index in [-0.39, 0.29) is 6.54 Å².